The number of pyridine rings is 1. The Morgan fingerprint density at radius 2 is 2.11 bits per heavy atom. The van der Waals surface area contributed by atoms with E-state index < -0.39 is 0 Å². The fourth-order valence-electron chi connectivity index (χ4n) is 1.91. The van der Waals surface area contributed by atoms with Crippen LogP contribution in [0, 0.1) is 13.8 Å². The van der Waals surface area contributed by atoms with E-state index in [0.29, 0.717) is 17.9 Å². The highest BCUT2D eigenvalue weighted by molar-refractivity contribution is 5.92. The Morgan fingerprint density at radius 3 is 2.79 bits per heavy atom. The van der Waals surface area contributed by atoms with Crippen molar-refractivity contribution in [2.24, 2.45) is 0 Å². The molecule has 1 heterocycles. The summed E-state index contributed by atoms with van der Waals surface area (Å²) in [4.78, 5) is 16.1. The number of nitrogen functional groups attached to an aromatic ring is 1. The fraction of sp³-hybridized carbons (Fsp3) is 0.200. The van der Waals surface area contributed by atoms with E-state index in [1.54, 1.807) is 6.07 Å². The lowest BCUT2D eigenvalue weighted by atomic mass is 10.1. The van der Waals surface area contributed by atoms with E-state index in [1.807, 2.05) is 38.1 Å². The van der Waals surface area contributed by atoms with Gasteiger partial charge in [-0.1, -0.05) is 29.8 Å². The summed E-state index contributed by atoms with van der Waals surface area (Å²) >= 11 is 0. The lowest BCUT2D eigenvalue weighted by molar-refractivity contribution is -0.115. The molecular formula is C15H17N3O. The molecule has 0 spiro atoms. The van der Waals surface area contributed by atoms with Gasteiger partial charge in [0.25, 0.3) is 0 Å². The quantitative estimate of drug-likeness (QED) is 0.885. The number of nitrogens with one attached hydrogen (secondary N) is 1. The standard InChI is InChI=1S/C15H17N3O/c1-10-4-3-5-12(6-10)8-14(19)18-15-11(2)7-13(16)9-17-15/h3-7,9H,8,16H2,1-2H3,(H,17,18,19). The second kappa shape index (κ2) is 5.52. The third-order valence-corrected chi connectivity index (χ3v) is 2.80. The molecule has 2 rings (SSSR count). The van der Waals surface area contributed by atoms with Gasteiger partial charge >= 0.3 is 0 Å². The largest absolute Gasteiger partial charge is 0.397 e. The van der Waals surface area contributed by atoms with Crippen molar-refractivity contribution in [2.45, 2.75) is 20.3 Å². The van der Waals surface area contributed by atoms with Crippen LogP contribution < -0.4 is 11.1 Å². The van der Waals surface area contributed by atoms with Gasteiger partial charge in [-0.15, -0.1) is 0 Å². The number of carbonyl (C=O) groups excluding carboxylic acids is 1. The molecule has 0 aliphatic rings. The van der Waals surface area contributed by atoms with Crippen LogP contribution in [0.3, 0.4) is 0 Å². The van der Waals surface area contributed by atoms with Crippen molar-refractivity contribution in [3.8, 4) is 0 Å². The van der Waals surface area contributed by atoms with Gasteiger partial charge in [-0.05, 0) is 31.0 Å². The molecule has 0 saturated heterocycles. The van der Waals surface area contributed by atoms with Crippen LogP contribution in [0.1, 0.15) is 16.7 Å². The molecule has 19 heavy (non-hydrogen) atoms. The van der Waals surface area contributed by atoms with Crippen molar-refractivity contribution >= 4 is 17.4 Å². The summed E-state index contributed by atoms with van der Waals surface area (Å²) in [7, 11) is 0. The molecule has 0 fully saturated rings. The fourth-order valence-corrected chi connectivity index (χ4v) is 1.91. The van der Waals surface area contributed by atoms with Gasteiger partial charge in [0, 0.05) is 0 Å². The van der Waals surface area contributed by atoms with Gasteiger partial charge < -0.3 is 11.1 Å². The number of aryl methyl sites for hydroxylation is 2. The number of aromatic nitrogens is 1. The van der Waals surface area contributed by atoms with Gasteiger partial charge in [0.05, 0.1) is 18.3 Å². The minimum Gasteiger partial charge on any atom is -0.397 e. The summed E-state index contributed by atoms with van der Waals surface area (Å²) < 4.78 is 0. The van der Waals surface area contributed by atoms with Crippen molar-refractivity contribution in [2.75, 3.05) is 11.1 Å². The van der Waals surface area contributed by atoms with Crippen LogP contribution in [0.4, 0.5) is 11.5 Å². The van der Waals surface area contributed by atoms with Crippen LogP contribution in [-0.4, -0.2) is 10.9 Å². The summed E-state index contributed by atoms with van der Waals surface area (Å²) in [5.41, 5.74) is 9.21. The Bertz CT molecular complexity index is 608. The Hall–Kier alpha value is -2.36. The van der Waals surface area contributed by atoms with Gasteiger partial charge in [0.1, 0.15) is 5.82 Å². The van der Waals surface area contributed by atoms with Gasteiger partial charge in [-0.2, -0.15) is 0 Å². The molecule has 98 valence electrons. The Kier molecular flexibility index (Phi) is 3.80. The summed E-state index contributed by atoms with van der Waals surface area (Å²) in [5.74, 6) is 0.484. The Labute approximate surface area is 112 Å². The minimum absolute atomic E-state index is 0.0778. The predicted molar refractivity (Wildman–Crippen MR) is 76.9 cm³/mol. The van der Waals surface area contributed by atoms with Gasteiger partial charge in [-0.25, -0.2) is 4.98 Å². The summed E-state index contributed by atoms with van der Waals surface area (Å²) in [5, 5.41) is 2.80. The number of rotatable bonds is 3. The monoisotopic (exact) mass is 255 g/mol. The molecule has 2 aromatic rings. The van der Waals surface area contributed by atoms with Crippen LogP contribution in [-0.2, 0) is 11.2 Å². The third kappa shape index (κ3) is 3.55. The van der Waals surface area contributed by atoms with E-state index in [0.717, 1.165) is 16.7 Å². The lowest BCUT2D eigenvalue weighted by Gasteiger charge is -2.08. The van der Waals surface area contributed by atoms with E-state index in [2.05, 4.69) is 10.3 Å². The van der Waals surface area contributed by atoms with Crippen molar-refractivity contribution < 1.29 is 4.79 Å². The molecule has 0 aliphatic carbocycles. The Morgan fingerprint density at radius 1 is 1.32 bits per heavy atom. The maximum atomic E-state index is 11.9. The van der Waals surface area contributed by atoms with Crippen LogP contribution in [0.2, 0.25) is 0 Å². The van der Waals surface area contributed by atoms with E-state index in [1.165, 1.54) is 6.20 Å². The van der Waals surface area contributed by atoms with Crippen LogP contribution >= 0.6 is 0 Å². The van der Waals surface area contributed by atoms with E-state index in [9.17, 15) is 4.79 Å². The van der Waals surface area contributed by atoms with E-state index in [-0.39, 0.29) is 5.91 Å². The molecule has 0 atom stereocenters. The highest BCUT2D eigenvalue weighted by Gasteiger charge is 2.07. The first-order valence-corrected chi connectivity index (χ1v) is 6.12. The summed E-state index contributed by atoms with van der Waals surface area (Å²) in [6, 6.07) is 9.69. The SMILES string of the molecule is Cc1cccc(CC(=O)Nc2ncc(N)cc2C)c1. The number of hydrogen-bond acceptors (Lipinski definition) is 3. The summed E-state index contributed by atoms with van der Waals surface area (Å²) in [6.45, 7) is 3.87. The highest BCUT2D eigenvalue weighted by Crippen LogP contribution is 2.14. The van der Waals surface area contributed by atoms with Crippen molar-refractivity contribution in [3.05, 3.63) is 53.2 Å². The number of nitrogens with two attached hydrogens (primary N) is 1. The first-order valence-electron chi connectivity index (χ1n) is 6.12. The van der Waals surface area contributed by atoms with Crippen LogP contribution in [0.5, 0.6) is 0 Å². The Balaban J connectivity index is 2.05. The van der Waals surface area contributed by atoms with Gasteiger partial charge in [0.2, 0.25) is 5.91 Å². The molecule has 1 amide bonds. The maximum Gasteiger partial charge on any atom is 0.229 e. The number of carbonyl (C=O) groups is 1. The van der Waals surface area contributed by atoms with Gasteiger partial charge in [-0.3, -0.25) is 4.79 Å². The molecule has 0 aliphatic heterocycles. The molecule has 0 radical (unpaired) electrons. The zero-order valence-electron chi connectivity index (χ0n) is 11.1. The van der Waals surface area contributed by atoms with Gasteiger partial charge in [0.15, 0.2) is 0 Å². The molecule has 1 aromatic heterocycles. The smallest absolute Gasteiger partial charge is 0.229 e. The van der Waals surface area contributed by atoms with Crippen molar-refractivity contribution in [3.63, 3.8) is 0 Å². The average Bonchev–Trinajstić information content (AvgIpc) is 2.33. The van der Waals surface area contributed by atoms with E-state index in [4.69, 9.17) is 5.73 Å². The third-order valence-electron chi connectivity index (χ3n) is 2.80. The highest BCUT2D eigenvalue weighted by atomic mass is 16.1. The number of hydrogen-bond donors (Lipinski definition) is 2. The van der Waals surface area contributed by atoms with Crippen LogP contribution in [0.15, 0.2) is 36.5 Å². The summed E-state index contributed by atoms with van der Waals surface area (Å²) in [6.07, 6.45) is 1.88. The molecule has 0 saturated carbocycles. The molecule has 4 heteroatoms. The second-order valence-electron chi connectivity index (χ2n) is 4.65. The van der Waals surface area contributed by atoms with Crippen LogP contribution in [0.25, 0.3) is 0 Å². The van der Waals surface area contributed by atoms with Crippen molar-refractivity contribution in [1.29, 1.82) is 0 Å². The first-order chi connectivity index (χ1) is 9.04. The first kappa shape index (κ1) is 13.1. The number of anilines is 2. The average molecular weight is 255 g/mol. The molecule has 0 bridgehead atoms. The maximum absolute atomic E-state index is 11.9. The normalized spacial score (nSPS) is 10.2. The second-order valence-corrected chi connectivity index (χ2v) is 4.65. The number of nitrogens with zero attached hydrogens (tertiary/aromatic N) is 1. The molecule has 1 aromatic carbocycles. The molecule has 3 N–H and O–H groups in total. The van der Waals surface area contributed by atoms with E-state index >= 15 is 0 Å². The molecule has 0 unspecified atom stereocenters. The number of benzene rings is 1. The van der Waals surface area contributed by atoms with Crippen molar-refractivity contribution in [1.82, 2.24) is 4.98 Å². The predicted octanol–water partition coefficient (Wildman–Crippen LogP) is 2.46. The minimum atomic E-state index is -0.0778. The molecular weight excluding hydrogens is 238 g/mol. The zero-order chi connectivity index (χ0) is 13.8. The number of amides is 1. The zero-order valence-corrected chi connectivity index (χ0v) is 11.1. The molecule has 4 nitrogen and oxygen atoms in total. The lowest BCUT2D eigenvalue weighted by Crippen LogP contribution is -2.16. The topological polar surface area (TPSA) is 68.0 Å².